The second-order valence-electron chi connectivity index (χ2n) is 3.57. The lowest BCUT2D eigenvalue weighted by Crippen LogP contribution is -2.08. The predicted octanol–water partition coefficient (Wildman–Crippen LogP) is 4.32. The largest absolute Gasteiger partial charge is 0.453 e. The van der Waals surface area contributed by atoms with Crippen LogP contribution < -0.4 is 0 Å². The van der Waals surface area contributed by atoms with E-state index in [9.17, 15) is 4.79 Å². The number of halogens is 1. The Hall–Kier alpha value is -1.32. The minimum Gasteiger partial charge on any atom is -0.453 e. The summed E-state index contributed by atoms with van der Waals surface area (Å²) in [6.07, 6.45) is -0.224. The number of carbonyl (C=O) groups is 1. The molecule has 2 nitrogen and oxygen atoms in total. The summed E-state index contributed by atoms with van der Waals surface area (Å²) in [5.74, 6) is -0.331. The number of benzene rings is 1. The monoisotopic (exact) mass is 266 g/mol. The molecule has 0 aliphatic rings. The quantitative estimate of drug-likeness (QED) is 0.774. The Balaban J connectivity index is 2.04. The van der Waals surface area contributed by atoms with Gasteiger partial charge in [0.15, 0.2) is 0 Å². The van der Waals surface area contributed by atoms with Crippen molar-refractivity contribution < 1.29 is 9.53 Å². The molecule has 17 heavy (non-hydrogen) atoms. The van der Waals surface area contributed by atoms with Crippen molar-refractivity contribution >= 4 is 28.9 Å². The summed E-state index contributed by atoms with van der Waals surface area (Å²) in [5.41, 5.74) is 0.512. The van der Waals surface area contributed by atoms with Crippen LogP contribution in [0.3, 0.4) is 0 Å². The third-order valence-electron chi connectivity index (χ3n) is 2.31. The van der Waals surface area contributed by atoms with Gasteiger partial charge in [0.1, 0.15) is 6.10 Å². The molecule has 0 aliphatic heterocycles. The Bertz CT molecular complexity index is 491. The van der Waals surface area contributed by atoms with Crippen molar-refractivity contribution in [2.45, 2.75) is 13.0 Å². The number of esters is 1. The minimum absolute atomic E-state index is 0.224. The lowest BCUT2D eigenvalue weighted by molar-refractivity contribution is 0.0345. The third-order valence-corrected chi connectivity index (χ3v) is 3.59. The van der Waals surface area contributed by atoms with E-state index in [4.69, 9.17) is 16.3 Å². The van der Waals surface area contributed by atoms with E-state index in [0.717, 1.165) is 4.88 Å². The van der Waals surface area contributed by atoms with Gasteiger partial charge in [0, 0.05) is 9.90 Å². The maximum absolute atomic E-state index is 11.8. The van der Waals surface area contributed by atoms with Crippen molar-refractivity contribution in [3.8, 4) is 0 Å². The van der Waals surface area contributed by atoms with Crippen LogP contribution in [0, 0.1) is 0 Å². The average molecular weight is 267 g/mol. The van der Waals surface area contributed by atoms with Gasteiger partial charge >= 0.3 is 5.97 Å². The highest BCUT2D eigenvalue weighted by molar-refractivity contribution is 7.10. The van der Waals surface area contributed by atoms with Crippen molar-refractivity contribution in [3.05, 3.63) is 57.2 Å². The van der Waals surface area contributed by atoms with Crippen molar-refractivity contribution in [2.75, 3.05) is 0 Å². The van der Waals surface area contributed by atoms with Crippen LogP contribution in [-0.4, -0.2) is 5.97 Å². The van der Waals surface area contributed by atoms with Crippen LogP contribution in [0.25, 0.3) is 0 Å². The summed E-state index contributed by atoms with van der Waals surface area (Å²) < 4.78 is 5.35. The first-order valence-electron chi connectivity index (χ1n) is 5.17. The van der Waals surface area contributed by atoms with Gasteiger partial charge < -0.3 is 4.74 Å². The molecule has 0 amide bonds. The first-order valence-corrected chi connectivity index (χ1v) is 6.42. The molecule has 2 aromatic rings. The molecule has 88 valence electrons. The van der Waals surface area contributed by atoms with Crippen molar-refractivity contribution in [2.24, 2.45) is 0 Å². The summed E-state index contributed by atoms with van der Waals surface area (Å²) >= 11 is 7.33. The standard InChI is InChI=1S/C13H11ClO2S/c1-9(12-3-2-8-17-12)16-13(15)10-4-6-11(14)7-5-10/h2-9H,1H3. The fourth-order valence-electron chi connectivity index (χ4n) is 1.40. The van der Waals surface area contributed by atoms with Gasteiger partial charge in [-0.1, -0.05) is 17.7 Å². The van der Waals surface area contributed by atoms with E-state index in [-0.39, 0.29) is 12.1 Å². The van der Waals surface area contributed by atoms with Crippen LogP contribution in [0.2, 0.25) is 5.02 Å². The van der Waals surface area contributed by atoms with Gasteiger partial charge in [-0.05, 0) is 42.6 Å². The molecule has 1 unspecified atom stereocenters. The van der Waals surface area contributed by atoms with Gasteiger partial charge in [-0.3, -0.25) is 0 Å². The van der Waals surface area contributed by atoms with Gasteiger partial charge in [0.2, 0.25) is 0 Å². The smallest absolute Gasteiger partial charge is 0.338 e. The van der Waals surface area contributed by atoms with Gasteiger partial charge in [-0.25, -0.2) is 4.79 Å². The van der Waals surface area contributed by atoms with Gasteiger partial charge in [0.25, 0.3) is 0 Å². The Morgan fingerprint density at radius 2 is 2.00 bits per heavy atom. The number of carbonyl (C=O) groups excluding carboxylic acids is 1. The maximum atomic E-state index is 11.8. The number of hydrogen-bond donors (Lipinski definition) is 0. The second kappa shape index (κ2) is 5.34. The van der Waals surface area contributed by atoms with E-state index >= 15 is 0 Å². The number of hydrogen-bond acceptors (Lipinski definition) is 3. The van der Waals surface area contributed by atoms with E-state index < -0.39 is 0 Å². The van der Waals surface area contributed by atoms with E-state index in [0.29, 0.717) is 10.6 Å². The Morgan fingerprint density at radius 1 is 1.29 bits per heavy atom. The zero-order chi connectivity index (χ0) is 12.3. The molecule has 0 fully saturated rings. The summed E-state index contributed by atoms with van der Waals surface area (Å²) in [7, 11) is 0. The van der Waals surface area contributed by atoms with Crippen molar-refractivity contribution in [1.29, 1.82) is 0 Å². The molecule has 4 heteroatoms. The molecular weight excluding hydrogens is 256 g/mol. The van der Waals surface area contributed by atoms with Crippen LogP contribution >= 0.6 is 22.9 Å². The molecule has 0 bridgehead atoms. The van der Waals surface area contributed by atoms with Crippen LogP contribution in [0.4, 0.5) is 0 Å². The average Bonchev–Trinajstić information content (AvgIpc) is 2.83. The molecule has 0 aliphatic carbocycles. The van der Waals surface area contributed by atoms with Gasteiger partial charge in [-0.2, -0.15) is 0 Å². The topological polar surface area (TPSA) is 26.3 Å². The summed E-state index contributed by atoms with van der Waals surface area (Å²) in [6, 6.07) is 10.6. The lowest BCUT2D eigenvalue weighted by Gasteiger charge is -2.11. The number of ether oxygens (including phenoxy) is 1. The van der Waals surface area contributed by atoms with Crippen LogP contribution in [0.1, 0.15) is 28.3 Å². The van der Waals surface area contributed by atoms with E-state index in [2.05, 4.69) is 0 Å². The third kappa shape index (κ3) is 3.08. The van der Waals surface area contributed by atoms with Gasteiger partial charge in [0.05, 0.1) is 5.56 Å². The Labute approximate surface area is 109 Å². The highest BCUT2D eigenvalue weighted by Gasteiger charge is 2.13. The molecule has 1 aromatic carbocycles. The molecule has 0 N–H and O–H groups in total. The number of rotatable bonds is 3. The van der Waals surface area contributed by atoms with Crippen molar-refractivity contribution in [3.63, 3.8) is 0 Å². The summed E-state index contributed by atoms with van der Waals surface area (Å²) in [6.45, 7) is 1.86. The first kappa shape index (κ1) is 12.1. The Kier molecular flexibility index (Phi) is 3.82. The highest BCUT2D eigenvalue weighted by atomic mass is 35.5. The predicted molar refractivity (Wildman–Crippen MR) is 69.6 cm³/mol. The maximum Gasteiger partial charge on any atom is 0.338 e. The normalized spacial score (nSPS) is 12.1. The minimum atomic E-state index is -0.331. The zero-order valence-electron chi connectivity index (χ0n) is 9.22. The fourth-order valence-corrected chi connectivity index (χ4v) is 2.23. The Morgan fingerprint density at radius 3 is 2.59 bits per heavy atom. The van der Waals surface area contributed by atoms with Crippen LogP contribution in [0.15, 0.2) is 41.8 Å². The summed E-state index contributed by atoms with van der Waals surface area (Å²) in [5, 5.41) is 2.56. The van der Waals surface area contributed by atoms with Crippen molar-refractivity contribution in [1.82, 2.24) is 0 Å². The molecule has 0 saturated carbocycles. The van der Waals surface area contributed by atoms with Crippen LogP contribution in [-0.2, 0) is 4.74 Å². The summed E-state index contributed by atoms with van der Waals surface area (Å²) in [4.78, 5) is 12.8. The van der Waals surface area contributed by atoms with Crippen LogP contribution in [0.5, 0.6) is 0 Å². The number of thiophene rings is 1. The lowest BCUT2D eigenvalue weighted by atomic mass is 10.2. The molecule has 0 saturated heterocycles. The molecule has 2 rings (SSSR count). The molecule has 0 spiro atoms. The van der Waals surface area contributed by atoms with E-state index in [1.165, 1.54) is 0 Å². The first-order chi connectivity index (χ1) is 8.16. The fraction of sp³-hybridized carbons (Fsp3) is 0.154. The molecule has 0 radical (unpaired) electrons. The molecular formula is C13H11ClO2S. The van der Waals surface area contributed by atoms with Gasteiger partial charge in [-0.15, -0.1) is 11.3 Å². The van der Waals surface area contributed by atoms with E-state index in [1.807, 2.05) is 24.4 Å². The molecule has 1 aromatic heterocycles. The SMILES string of the molecule is CC(OC(=O)c1ccc(Cl)cc1)c1cccs1. The zero-order valence-corrected chi connectivity index (χ0v) is 10.8. The molecule has 1 atom stereocenters. The highest BCUT2D eigenvalue weighted by Crippen LogP contribution is 2.23. The second-order valence-corrected chi connectivity index (χ2v) is 4.99. The van der Waals surface area contributed by atoms with E-state index in [1.54, 1.807) is 35.6 Å². The molecule has 1 heterocycles.